The smallest absolute Gasteiger partial charge is 0.433 e. The van der Waals surface area contributed by atoms with E-state index in [0.717, 1.165) is 0 Å². The molecule has 14 heteroatoms. The van der Waals surface area contributed by atoms with Crippen LogP contribution in [0.3, 0.4) is 0 Å². The molecule has 0 fully saturated rings. The molecule has 1 N–H and O–H groups in total. The van der Waals surface area contributed by atoms with Crippen LogP contribution in [0.1, 0.15) is 0 Å². The Kier molecular flexibility index (Phi) is 9.68. The first kappa shape index (κ1) is 24.8. The Labute approximate surface area is 193 Å². The van der Waals surface area contributed by atoms with Crippen molar-refractivity contribution in [3.8, 4) is 5.75 Å². The summed E-state index contributed by atoms with van der Waals surface area (Å²) in [5.74, 6) is 0.485. The molecule has 1 aromatic rings. The van der Waals surface area contributed by atoms with Gasteiger partial charge in [0.25, 0.3) is 0 Å². The minimum atomic E-state index is -1.85. The molecule has 7 nitrogen and oxygen atoms in total. The number of rotatable bonds is 4. The lowest BCUT2D eigenvalue weighted by molar-refractivity contribution is 0.135. The van der Waals surface area contributed by atoms with E-state index in [1.807, 2.05) is 0 Å². The molecule has 152 valence electrons. The van der Waals surface area contributed by atoms with Crippen molar-refractivity contribution >= 4 is 103 Å². The molecule has 0 heterocycles. The summed E-state index contributed by atoms with van der Waals surface area (Å²) in [7, 11) is 1.46. The number of alkyl halides is 6. The summed E-state index contributed by atoms with van der Waals surface area (Å²) in [6.07, 6.45) is -2.17. The van der Waals surface area contributed by atoms with Crippen LogP contribution < -0.4 is 15.2 Å². The third kappa shape index (κ3) is 9.69. The number of carbonyl (C=O) groups is 2. The van der Waals surface area contributed by atoms with E-state index in [4.69, 9.17) is 83.8 Å². The monoisotopic (exact) mass is 564 g/mol. The highest BCUT2D eigenvalue weighted by Crippen LogP contribution is 2.31. The fourth-order valence-electron chi connectivity index (χ4n) is 1.48. The SMILES string of the molecule is COc1ccc(N(NC(=O)OCC(Cl)(Cl)Cl)C(=O)OCC(Cl)(Cl)Cl)c(Br)c1. The van der Waals surface area contributed by atoms with Crippen molar-refractivity contribution in [2.75, 3.05) is 25.3 Å². The van der Waals surface area contributed by atoms with E-state index < -0.39 is 33.0 Å². The zero-order valence-corrected chi connectivity index (χ0v) is 19.4. The molecule has 0 radical (unpaired) electrons. The summed E-state index contributed by atoms with van der Waals surface area (Å²) in [5.41, 5.74) is 2.30. The van der Waals surface area contributed by atoms with Crippen molar-refractivity contribution in [3.63, 3.8) is 0 Å². The number of nitrogens with one attached hydrogen (secondary N) is 1. The third-order valence-corrected chi connectivity index (χ3v) is 3.80. The second-order valence-electron chi connectivity index (χ2n) is 4.63. The number of anilines is 1. The molecule has 0 aliphatic heterocycles. The molecule has 0 saturated heterocycles. The van der Waals surface area contributed by atoms with Crippen molar-refractivity contribution in [1.29, 1.82) is 0 Å². The molecule has 0 atom stereocenters. The number of halogens is 7. The van der Waals surface area contributed by atoms with Gasteiger partial charge in [-0.05, 0) is 34.1 Å². The average molecular weight is 568 g/mol. The molecular weight excluding hydrogens is 557 g/mol. The number of benzene rings is 1. The lowest BCUT2D eigenvalue weighted by Crippen LogP contribution is -2.48. The zero-order chi connectivity index (χ0) is 20.8. The first-order chi connectivity index (χ1) is 12.3. The van der Waals surface area contributed by atoms with E-state index in [9.17, 15) is 9.59 Å². The zero-order valence-electron chi connectivity index (χ0n) is 13.3. The Morgan fingerprint density at radius 2 is 1.63 bits per heavy atom. The second-order valence-corrected chi connectivity index (χ2v) is 10.5. The number of amides is 2. The van der Waals surface area contributed by atoms with Crippen LogP contribution in [0.25, 0.3) is 0 Å². The summed E-state index contributed by atoms with van der Waals surface area (Å²) >= 11 is 36.4. The van der Waals surface area contributed by atoms with Crippen LogP contribution in [0.4, 0.5) is 15.3 Å². The fourth-order valence-corrected chi connectivity index (χ4v) is 2.34. The van der Waals surface area contributed by atoms with Crippen molar-refractivity contribution in [2.24, 2.45) is 0 Å². The van der Waals surface area contributed by atoms with Crippen molar-refractivity contribution in [2.45, 2.75) is 7.59 Å². The maximum absolute atomic E-state index is 12.4. The van der Waals surface area contributed by atoms with E-state index in [1.165, 1.54) is 19.2 Å². The van der Waals surface area contributed by atoms with Crippen LogP contribution in [-0.4, -0.2) is 40.1 Å². The number of methoxy groups -OCH3 is 1. The summed E-state index contributed by atoms with van der Waals surface area (Å²) in [5, 5.41) is 0.709. The highest BCUT2D eigenvalue weighted by molar-refractivity contribution is 9.10. The average Bonchev–Trinajstić information content (AvgIpc) is 2.54. The van der Waals surface area contributed by atoms with Crippen molar-refractivity contribution in [1.82, 2.24) is 5.43 Å². The van der Waals surface area contributed by atoms with Gasteiger partial charge in [0, 0.05) is 4.47 Å². The van der Waals surface area contributed by atoms with Gasteiger partial charge in [-0.25, -0.2) is 15.0 Å². The summed E-state index contributed by atoms with van der Waals surface area (Å²) in [4.78, 5) is 24.3. The molecule has 1 rings (SSSR count). The Hall–Kier alpha value is -0.220. The first-order valence-corrected chi connectivity index (χ1v) is 9.76. The van der Waals surface area contributed by atoms with E-state index in [0.29, 0.717) is 15.2 Å². The van der Waals surface area contributed by atoms with Crippen molar-refractivity contribution < 1.29 is 23.8 Å². The maximum Gasteiger partial charge on any atom is 0.433 e. The molecule has 1 aromatic carbocycles. The van der Waals surface area contributed by atoms with E-state index >= 15 is 0 Å². The predicted octanol–water partition coefficient (Wildman–Crippen LogP) is 5.78. The first-order valence-electron chi connectivity index (χ1n) is 6.70. The Morgan fingerprint density at radius 1 is 1.07 bits per heavy atom. The highest BCUT2D eigenvalue weighted by Gasteiger charge is 2.29. The number of ether oxygens (including phenoxy) is 3. The molecule has 0 aliphatic carbocycles. The van der Waals surface area contributed by atoms with E-state index in [2.05, 4.69) is 21.4 Å². The molecule has 0 aromatic heterocycles. The van der Waals surface area contributed by atoms with E-state index in [-0.39, 0.29) is 5.69 Å². The minimum Gasteiger partial charge on any atom is -0.497 e. The standard InChI is InChI=1S/C13H11BrCl6N2O5/c1-25-7-2-3-9(8(14)4-7)22(11(24)27-6-13(18,19)20)21-10(23)26-5-12(15,16)17/h2-4H,5-6H2,1H3,(H,21,23). The predicted molar refractivity (Wildman–Crippen MR) is 110 cm³/mol. The Morgan fingerprint density at radius 3 is 2.11 bits per heavy atom. The second kappa shape index (κ2) is 10.5. The quantitative estimate of drug-likeness (QED) is 0.369. The van der Waals surface area contributed by atoms with Gasteiger partial charge in [-0.1, -0.05) is 69.6 Å². The summed E-state index contributed by atoms with van der Waals surface area (Å²) in [6, 6.07) is 4.53. The lowest BCUT2D eigenvalue weighted by atomic mass is 10.3. The van der Waals surface area contributed by atoms with Crippen LogP contribution in [0, 0.1) is 0 Å². The van der Waals surface area contributed by atoms with Gasteiger partial charge < -0.3 is 14.2 Å². The van der Waals surface area contributed by atoms with Crippen molar-refractivity contribution in [3.05, 3.63) is 22.7 Å². The van der Waals surface area contributed by atoms with Gasteiger partial charge in [0.1, 0.15) is 19.0 Å². The van der Waals surface area contributed by atoms with Crippen LogP contribution >= 0.6 is 85.5 Å². The van der Waals surface area contributed by atoms with Gasteiger partial charge in [-0.3, -0.25) is 0 Å². The Balaban J connectivity index is 3.02. The van der Waals surface area contributed by atoms with Crippen LogP contribution in [-0.2, 0) is 9.47 Å². The molecule has 2 amide bonds. The van der Waals surface area contributed by atoms with Crippen LogP contribution in [0.2, 0.25) is 0 Å². The van der Waals surface area contributed by atoms with Gasteiger partial charge in [0.15, 0.2) is 0 Å². The number of nitrogens with zero attached hydrogens (tertiary/aromatic N) is 1. The molecule has 0 unspecified atom stereocenters. The number of hydrogen-bond acceptors (Lipinski definition) is 5. The molecule has 0 spiro atoms. The topological polar surface area (TPSA) is 77.1 Å². The van der Waals surface area contributed by atoms with Crippen LogP contribution in [0.5, 0.6) is 5.75 Å². The van der Waals surface area contributed by atoms with Gasteiger partial charge in [-0.2, -0.15) is 5.01 Å². The highest BCUT2D eigenvalue weighted by atomic mass is 79.9. The normalized spacial score (nSPS) is 11.6. The largest absolute Gasteiger partial charge is 0.497 e. The number of hydrazine groups is 1. The molecule has 27 heavy (non-hydrogen) atoms. The summed E-state index contributed by atoms with van der Waals surface area (Å²) in [6.45, 7) is -1.14. The Bertz CT molecular complexity index is 682. The number of hydrogen-bond donors (Lipinski definition) is 1. The molecular formula is C13H11BrCl6N2O5. The number of carbonyl (C=O) groups excluding carboxylic acids is 2. The summed E-state index contributed by atoms with van der Waals surface area (Å²) < 4.78 is 11.3. The third-order valence-electron chi connectivity index (χ3n) is 2.51. The van der Waals surface area contributed by atoms with Gasteiger partial charge >= 0.3 is 12.2 Å². The van der Waals surface area contributed by atoms with Gasteiger partial charge in [0.05, 0.1) is 12.8 Å². The lowest BCUT2D eigenvalue weighted by Gasteiger charge is -2.24. The molecule has 0 saturated carbocycles. The van der Waals surface area contributed by atoms with Gasteiger partial charge in [0.2, 0.25) is 7.59 Å². The minimum absolute atomic E-state index is 0.163. The van der Waals surface area contributed by atoms with Crippen LogP contribution in [0.15, 0.2) is 22.7 Å². The molecule has 0 bridgehead atoms. The van der Waals surface area contributed by atoms with E-state index in [1.54, 1.807) is 6.07 Å². The van der Waals surface area contributed by atoms with Gasteiger partial charge in [-0.15, -0.1) is 0 Å². The fraction of sp³-hybridized carbons (Fsp3) is 0.385. The maximum atomic E-state index is 12.4. The molecule has 0 aliphatic rings.